The van der Waals surface area contributed by atoms with E-state index in [1.54, 1.807) is 44.6 Å². The number of carbonyl (C=O) groups excluding carboxylic acids is 1. The molecule has 2 aromatic carbocycles. The van der Waals surface area contributed by atoms with Gasteiger partial charge in [-0.25, -0.2) is 4.68 Å². The molecule has 0 spiro atoms. The van der Waals surface area contributed by atoms with Crippen LogP contribution in [0.15, 0.2) is 71.3 Å². The molecule has 0 radical (unpaired) electrons. The highest BCUT2D eigenvalue weighted by molar-refractivity contribution is 5.94. The Bertz CT molecular complexity index is 1310. The first kappa shape index (κ1) is 22.6. The predicted molar refractivity (Wildman–Crippen MR) is 124 cm³/mol. The number of amides is 1. The largest absolute Gasteiger partial charge is 0.493 e. The van der Waals surface area contributed by atoms with Crippen molar-refractivity contribution in [1.82, 2.24) is 15.1 Å². The summed E-state index contributed by atoms with van der Waals surface area (Å²) in [6.45, 7) is 0.352. The standard InChI is InChI=1S/C24H22N4O6/c1-32-22-9-8-16(13-23(22)33-2)10-11-25-24(29)20-15-19(21-7-4-12-34-21)26-27(20)17-5-3-6-18(14-17)28(30)31/h3-9,12-15H,10-11H2,1-2H3,(H,25,29). The molecule has 1 amide bonds. The van der Waals surface area contributed by atoms with Crippen molar-refractivity contribution in [2.24, 2.45) is 0 Å². The second kappa shape index (κ2) is 9.90. The molecule has 4 aromatic rings. The molecule has 0 unspecified atom stereocenters. The third-order valence-corrected chi connectivity index (χ3v) is 5.15. The molecule has 10 nitrogen and oxygen atoms in total. The van der Waals surface area contributed by atoms with Crippen molar-refractivity contribution in [3.63, 3.8) is 0 Å². The molecule has 2 aromatic heterocycles. The number of ether oxygens (including phenoxy) is 2. The molecule has 0 fully saturated rings. The zero-order valence-corrected chi connectivity index (χ0v) is 18.6. The van der Waals surface area contributed by atoms with Crippen LogP contribution in [0.4, 0.5) is 5.69 Å². The van der Waals surface area contributed by atoms with Crippen LogP contribution >= 0.6 is 0 Å². The van der Waals surface area contributed by atoms with Crippen molar-refractivity contribution in [1.29, 1.82) is 0 Å². The van der Waals surface area contributed by atoms with E-state index in [4.69, 9.17) is 13.9 Å². The van der Waals surface area contributed by atoms with Crippen LogP contribution in [0.5, 0.6) is 11.5 Å². The summed E-state index contributed by atoms with van der Waals surface area (Å²) < 4.78 is 17.3. The molecule has 0 atom stereocenters. The Balaban J connectivity index is 1.57. The van der Waals surface area contributed by atoms with Crippen LogP contribution in [0, 0.1) is 10.1 Å². The van der Waals surface area contributed by atoms with Crippen LogP contribution in [0.1, 0.15) is 16.1 Å². The van der Waals surface area contributed by atoms with Crippen molar-refractivity contribution in [2.45, 2.75) is 6.42 Å². The number of rotatable bonds is 9. The third-order valence-electron chi connectivity index (χ3n) is 5.15. The quantitative estimate of drug-likeness (QED) is 0.294. The van der Waals surface area contributed by atoms with Crippen molar-refractivity contribution in [3.05, 3.63) is 88.3 Å². The van der Waals surface area contributed by atoms with Gasteiger partial charge in [0.15, 0.2) is 17.3 Å². The number of aromatic nitrogens is 2. The van der Waals surface area contributed by atoms with Gasteiger partial charge < -0.3 is 19.2 Å². The Morgan fingerprint density at radius 1 is 1.09 bits per heavy atom. The van der Waals surface area contributed by atoms with Gasteiger partial charge in [-0.3, -0.25) is 14.9 Å². The van der Waals surface area contributed by atoms with Gasteiger partial charge in [0, 0.05) is 24.7 Å². The minimum Gasteiger partial charge on any atom is -0.493 e. The van der Waals surface area contributed by atoms with Crippen LogP contribution in [0.25, 0.3) is 17.1 Å². The lowest BCUT2D eigenvalue weighted by Gasteiger charge is -2.11. The number of furan rings is 1. The van der Waals surface area contributed by atoms with Crippen LogP contribution in [-0.2, 0) is 6.42 Å². The molecular weight excluding hydrogens is 440 g/mol. The van der Waals surface area contributed by atoms with E-state index in [1.807, 2.05) is 18.2 Å². The van der Waals surface area contributed by atoms with Gasteiger partial charge in [-0.1, -0.05) is 12.1 Å². The highest BCUT2D eigenvalue weighted by Crippen LogP contribution is 2.28. The molecule has 4 rings (SSSR count). The molecule has 1 N–H and O–H groups in total. The zero-order chi connectivity index (χ0) is 24.1. The number of hydrogen-bond acceptors (Lipinski definition) is 7. The number of nitrogens with zero attached hydrogens (tertiary/aromatic N) is 3. The Morgan fingerprint density at radius 2 is 1.91 bits per heavy atom. The molecule has 0 aliphatic heterocycles. The van der Waals surface area contributed by atoms with E-state index in [-0.39, 0.29) is 17.3 Å². The molecule has 10 heteroatoms. The number of nitro benzene ring substituents is 1. The molecule has 0 aliphatic carbocycles. The van der Waals surface area contributed by atoms with Crippen molar-refractivity contribution in [2.75, 3.05) is 20.8 Å². The molecule has 0 saturated carbocycles. The molecule has 2 heterocycles. The average Bonchev–Trinajstić information content (AvgIpc) is 3.54. The molecule has 34 heavy (non-hydrogen) atoms. The highest BCUT2D eigenvalue weighted by atomic mass is 16.6. The number of methoxy groups -OCH3 is 2. The first-order chi connectivity index (χ1) is 16.5. The molecule has 0 aliphatic rings. The Hall–Kier alpha value is -4.60. The van der Waals surface area contributed by atoms with Gasteiger partial charge >= 0.3 is 0 Å². The Kier molecular flexibility index (Phi) is 6.58. The lowest BCUT2D eigenvalue weighted by molar-refractivity contribution is -0.384. The van der Waals surface area contributed by atoms with E-state index in [2.05, 4.69) is 10.4 Å². The fourth-order valence-electron chi connectivity index (χ4n) is 3.47. The number of nitro groups is 1. The number of benzene rings is 2. The number of carbonyl (C=O) groups is 1. The second-order valence-corrected chi connectivity index (χ2v) is 7.28. The van der Waals surface area contributed by atoms with Gasteiger partial charge in [0.1, 0.15) is 11.4 Å². The summed E-state index contributed by atoms with van der Waals surface area (Å²) >= 11 is 0. The first-order valence-electron chi connectivity index (χ1n) is 10.4. The Labute approximate surface area is 194 Å². The second-order valence-electron chi connectivity index (χ2n) is 7.28. The summed E-state index contributed by atoms with van der Waals surface area (Å²) in [4.78, 5) is 23.8. The van der Waals surface area contributed by atoms with Crippen molar-refractivity contribution < 1.29 is 23.6 Å². The minimum absolute atomic E-state index is 0.104. The summed E-state index contributed by atoms with van der Waals surface area (Å²) in [7, 11) is 3.13. The van der Waals surface area contributed by atoms with Gasteiger partial charge in [0.2, 0.25) is 0 Å². The van der Waals surface area contributed by atoms with Crippen molar-refractivity contribution in [3.8, 4) is 28.6 Å². The van der Waals surface area contributed by atoms with Gasteiger partial charge in [0.25, 0.3) is 11.6 Å². The fraction of sp³-hybridized carbons (Fsp3) is 0.167. The number of nitrogens with one attached hydrogen (secondary N) is 1. The third kappa shape index (κ3) is 4.75. The molecular formula is C24H22N4O6. The molecule has 174 valence electrons. The maximum Gasteiger partial charge on any atom is 0.271 e. The monoisotopic (exact) mass is 462 g/mol. The number of non-ortho nitro benzene ring substituents is 1. The Morgan fingerprint density at radius 3 is 2.62 bits per heavy atom. The van der Waals surface area contributed by atoms with Gasteiger partial charge in [0.05, 0.1) is 31.1 Å². The zero-order valence-electron chi connectivity index (χ0n) is 18.6. The van der Waals surface area contributed by atoms with Crippen molar-refractivity contribution >= 4 is 11.6 Å². The SMILES string of the molecule is COc1ccc(CCNC(=O)c2cc(-c3ccco3)nn2-c2cccc([N+](=O)[O-])c2)cc1OC. The lowest BCUT2D eigenvalue weighted by atomic mass is 10.1. The topological polar surface area (TPSA) is 122 Å². The predicted octanol–water partition coefficient (Wildman–Crippen LogP) is 4.03. The maximum atomic E-state index is 13.1. The molecule has 0 saturated heterocycles. The van der Waals surface area contributed by atoms with E-state index in [0.717, 1.165) is 5.56 Å². The van der Waals surface area contributed by atoms with E-state index in [0.29, 0.717) is 41.6 Å². The summed E-state index contributed by atoms with van der Waals surface area (Å²) in [6, 6.07) is 16.5. The van der Waals surface area contributed by atoms with Crippen LogP contribution in [0.3, 0.4) is 0 Å². The van der Waals surface area contributed by atoms with E-state index < -0.39 is 4.92 Å². The average molecular weight is 462 g/mol. The minimum atomic E-state index is -0.497. The van der Waals surface area contributed by atoms with E-state index in [9.17, 15) is 14.9 Å². The van der Waals surface area contributed by atoms with Crippen LogP contribution in [0.2, 0.25) is 0 Å². The van der Waals surface area contributed by atoms with Gasteiger partial charge in [-0.2, -0.15) is 5.10 Å². The van der Waals surface area contributed by atoms with E-state index in [1.165, 1.54) is 23.1 Å². The smallest absolute Gasteiger partial charge is 0.271 e. The first-order valence-corrected chi connectivity index (χ1v) is 10.4. The van der Waals surface area contributed by atoms with Crippen LogP contribution in [-0.4, -0.2) is 41.4 Å². The van der Waals surface area contributed by atoms with Gasteiger partial charge in [-0.05, 0) is 42.3 Å². The van der Waals surface area contributed by atoms with E-state index >= 15 is 0 Å². The van der Waals surface area contributed by atoms with Gasteiger partial charge in [-0.15, -0.1) is 0 Å². The summed E-state index contributed by atoms with van der Waals surface area (Å²) in [6.07, 6.45) is 2.06. The number of hydrogen-bond donors (Lipinski definition) is 1. The summed E-state index contributed by atoms with van der Waals surface area (Å²) in [5.41, 5.74) is 1.89. The fourth-order valence-corrected chi connectivity index (χ4v) is 3.47. The lowest BCUT2D eigenvalue weighted by Crippen LogP contribution is -2.27. The maximum absolute atomic E-state index is 13.1. The van der Waals surface area contributed by atoms with Crippen LogP contribution < -0.4 is 14.8 Å². The highest BCUT2D eigenvalue weighted by Gasteiger charge is 2.20. The normalized spacial score (nSPS) is 10.6. The summed E-state index contributed by atoms with van der Waals surface area (Å²) in [5.74, 6) is 1.33. The summed E-state index contributed by atoms with van der Waals surface area (Å²) in [5, 5.41) is 18.6. The molecule has 0 bridgehead atoms.